The number of aliphatic carboxylic acids is 1. The van der Waals surface area contributed by atoms with Crippen LogP contribution in [-0.2, 0) is 4.79 Å². The Morgan fingerprint density at radius 3 is 2.57 bits per heavy atom. The highest BCUT2D eigenvalue weighted by Gasteiger charge is 2.40. The van der Waals surface area contributed by atoms with E-state index in [1.165, 1.54) is 9.80 Å². The maximum atomic E-state index is 12.5. The Morgan fingerprint density at radius 2 is 2.00 bits per heavy atom. The fraction of sp³-hybridized carbons (Fsp3) is 0.467. The Balaban J connectivity index is 2.24. The zero-order valence-electron chi connectivity index (χ0n) is 12.4. The Morgan fingerprint density at radius 1 is 1.33 bits per heavy atom. The molecule has 1 aromatic rings. The quantitative estimate of drug-likeness (QED) is 0.863. The van der Waals surface area contributed by atoms with Gasteiger partial charge in [-0.15, -0.1) is 0 Å². The number of amides is 2. The van der Waals surface area contributed by atoms with Crippen molar-refractivity contribution in [2.24, 2.45) is 0 Å². The molecule has 2 amide bonds. The number of carbonyl (C=O) groups excluding carboxylic acids is 1. The van der Waals surface area contributed by atoms with E-state index in [4.69, 9.17) is 0 Å². The predicted octanol–water partition coefficient (Wildman–Crippen LogP) is 1.38. The minimum Gasteiger partial charge on any atom is -0.480 e. The van der Waals surface area contributed by atoms with Crippen molar-refractivity contribution in [2.45, 2.75) is 32.4 Å². The summed E-state index contributed by atoms with van der Waals surface area (Å²) in [6, 6.07) is 4.32. The number of nitrogens with zero attached hydrogens (tertiary/aromatic N) is 2. The maximum absolute atomic E-state index is 12.5. The molecule has 1 saturated heterocycles. The SMILES string of the molecule is Cc1ccc(N(C)C(=O)N2C[C@H](O)C[C@H]2C(=O)O)c(C)c1. The summed E-state index contributed by atoms with van der Waals surface area (Å²) in [4.78, 5) is 26.4. The average molecular weight is 292 g/mol. The van der Waals surface area contributed by atoms with Crippen LogP contribution >= 0.6 is 0 Å². The maximum Gasteiger partial charge on any atom is 0.326 e. The van der Waals surface area contributed by atoms with E-state index in [0.717, 1.165) is 16.8 Å². The fourth-order valence-electron chi connectivity index (χ4n) is 2.74. The van der Waals surface area contributed by atoms with Crippen LogP contribution in [0.1, 0.15) is 17.5 Å². The largest absolute Gasteiger partial charge is 0.480 e. The second-order valence-corrected chi connectivity index (χ2v) is 5.53. The third-order valence-corrected chi connectivity index (χ3v) is 3.81. The van der Waals surface area contributed by atoms with Crippen LogP contribution < -0.4 is 4.90 Å². The van der Waals surface area contributed by atoms with E-state index < -0.39 is 24.1 Å². The number of urea groups is 1. The van der Waals surface area contributed by atoms with Crippen molar-refractivity contribution in [3.8, 4) is 0 Å². The zero-order valence-corrected chi connectivity index (χ0v) is 12.4. The van der Waals surface area contributed by atoms with Crippen LogP contribution in [0.15, 0.2) is 18.2 Å². The van der Waals surface area contributed by atoms with Crippen molar-refractivity contribution in [2.75, 3.05) is 18.5 Å². The number of carbonyl (C=O) groups is 2. The summed E-state index contributed by atoms with van der Waals surface area (Å²) in [5.74, 6) is -1.09. The molecule has 0 bridgehead atoms. The van der Waals surface area contributed by atoms with Crippen LogP contribution in [0.25, 0.3) is 0 Å². The van der Waals surface area contributed by atoms with Gasteiger partial charge in [-0.2, -0.15) is 0 Å². The zero-order chi connectivity index (χ0) is 15.7. The van der Waals surface area contributed by atoms with Crippen molar-refractivity contribution in [3.63, 3.8) is 0 Å². The van der Waals surface area contributed by atoms with Crippen LogP contribution in [0.2, 0.25) is 0 Å². The summed E-state index contributed by atoms with van der Waals surface area (Å²) < 4.78 is 0. The molecule has 2 rings (SSSR count). The van der Waals surface area contributed by atoms with Gasteiger partial charge in [-0.05, 0) is 25.5 Å². The lowest BCUT2D eigenvalue weighted by molar-refractivity contribution is -0.141. The van der Waals surface area contributed by atoms with Crippen LogP contribution in [0.5, 0.6) is 0 Å². The summed E-state index contributed by atoms with van der Waals surface area (Å²) in [7, 11) is 1.61. The molecule has 0 aromatic heterocycles. The Kier molecular flexibility index (Phi) is 4.18. The third kappa shape index (κ3) is 3.00. The monoisotopic (exact) mass is 292 g/mol. The molecule has 1 aliphatic rings. The summed E-state index contributed by atoms with van der Waals surface area (Å²) in [6.07, 6.45) is -0.718. The van der Waals surface area contributed by atoms with E-state index in [2.05, 4.69) is 0 Å². The molecule has 1 fully saturated rings. The second-order valence-electron chi connectivity index (χ2n) is 5.53. The summed E-state index contributed by atoms with van der Waals surface area (Å²) in [5.41, 5.74) is 2.77. The molecule has 0 unspecified atom stereocenters. The second kappa shape index (κ2) is 5.73. The molecule has 6 heteroatoms. The molecule has 0 aliphatic carbocycles. The van der Waals surface area contributed by atoms with Gasteiger partial charge in [0.1, 0.15) is 6.04 Å². The smallest absolute Gasteiger partial charge is 0.326 e. The number of hydrogen-bond acceptors (Lipinski definition) is 3. The number of aryl methyl sites for hydroxylation is 2. The number of hydrogen-bond donors (Lipinski definition) is 2. The van der Waals surface area contributed by atoms with Crippen LogP contribution in [-0.4, -0.2) is 52.9 Å². The van der Waals surface area contributed by atoms with Crippen molar-refractivity contribution in [1.82, 2.24) is 4.90 Å². The van der Waals surface area contributed by atoms with Gasteiger partial charge < -0.3 is 15.1 Å². The average Bonchev–Trinajstić information content (AvgIpc) is 2.79. The van der Waals surface area contributed by atoms with Crippen molar-refractivity contribution < 1.29 is 19.8 Å². The standard InChI is InChI=1S/C15H20N2O4/c1-9-4-5-12(10(2)6-9)16(3)15(21)17-8-11(18)7-13(17)14(19)20/h4-6,11,13,18H,7-8H2,1-3H3,(H,19,20)/t11-,13+/m1/s1. The van der Waals surface area contributed by atoms with Gasteiger partial charge in [-0.25, -0.2) is 9.59 Å². The van der Waals surface area contributed by atoms with E-state index in [0.29, 0.717) is 0 Å². The molecule has 1 aliphatic heterocycles. The molecule has 6 nitrogen and oxygen atoms in total. The highest BCUT2D eigenvalue weighted by Crippen LogP contribution is 2.25. The number of aliphatic hydroxyl groups is 1. The van der Waals surface area contributed by atoms with Crippen LogP contribution in [0.4, 0.5) is 10.5 Å². The molecule has 0 radical (unpaired) electrons. The number of aliphatic hydroxyl groups excluding tert-OH is 1. The molecule has 0 spiro atoms. The number of anilines is 1. The molecule has 2 atom stereocenters. The number of likely N-dealkylation sites (tertiary alicyclic amines) is 1. The minimum atomic E-state index is -1.09. The van der Waals surface area contributed by atoms with Gasteiger partial charge in [0.15, 0.2) is 0 Å². The van der Waals surface area contributed by atoms with E-state index in [-0.39, 0.29) is 13.0 Å². The lowest BCUT2D eigenvalue weighted by Crippen LogP contribution is -2.47. The van der Waals surface area contributed by atoms with E-state index in [1.807, 2.05) is 32.0 Å². The first-order valence-electron chi connectivity index (χ1n) is 6.83. The first kappa shape index (κ1) is 15.3. The Labute approximate surface area is 123 Å². The first-order chi connectivity index (χ1) is 9.81. The normalized spacial score (nSPS) is 21.4. The highest BCUT2D eigenvalue weighted by molar-refractivity contribution is 5.95. The lowest BCUT2D eigenvalue weighted by atomic mass is 10.1. The topological polar surface area (TPSA) is 81.1 Å². The van der Waals surface area contributed by atoms with E-state index >= 15 is 0 Å². The third-order valence-electron chi connectivity index (χ3n) is 3.81. The van der Waals surface area contributed by atoms with Crippen molar-refractivity contribution in [3.05, 3.63) is 29.3 Å². The summed E-state index contributed by atoms with van der Waals surface area (Å²) in [6.45, 7) is 3.92. The lowest BCUT2D eigenvalue weighted by Gasteiger charge is -2.28. The van der Waals surface area contributed by atoms with Gasteiger partial charge >= 0.3 is 12.0 Å². The Bertz CT molecular complexity index is 573. The van der Waals surface area contributed by atoms with Crippen LogP contribution in [0.3, 0.4) is 0 Å². The molecular weight excluding hydrogens is 272 g/mol. The molecule has 1 heterocycles. The number of carboxylic acid groups (broad SMARTS) is 1. The van der Waals surface area contributed by atoms with Gasteiger partial charge in [-0.1, -0.05) is 17.7 Å². The number of rotatable bonds is 2. The van der Waals surface area contributed by atoms with E-state index in [1.54, 1.807) is 7.05 Å². The van der Waals surface area contributed by atoms with E-state index in [9.17, 15) is 19.8 Å². The fourth-order valence-corrected chi connectivity index (χ4v) is 2.74. The van der Waals surface area contributed by atoms with Gasteiger partial charge in [0.2, 0.25) is 0 Å². The molecule has 1 aromatic carbocycles. The number of β-amino-alcohol motifs (C(OH)–C–C–N with tert-alkyl or cyclic N) is 1. The Hall–Kier alpha value is -2.08. The molecule has 114 valence electrons. The first-order valence-corrected chi connectivity index (χ1v) is 6.83. The molecule has 21 heavy (non-hydrogen) atoms. The van der Waals surface area contributed by atoms with Gasteiger partial charge in [0.05, 0.1) is 6.10 Å². The van der Waals surface area contributed by atoms with Crippen molar-refractivity contribution in [1.29, 1.82) is 0 Å². The van der Waals surface area contributed by atoms with Gasteiger partial charge in [0.25, 0.3) is 0 Å². The van der Waals surface area contributed by atoms with Crippen molar-refractivity contribution >= 4 is 17.7 Å². The predicted molar refractivity (Wildman–Crippen MR) is 78.5 cm³/mol. The summed E-state index contributed by atoms with van der Waals surface area (Å²) in [5, 5.41) is 18.8. The summed E-state index contributed by atoms with van der Waals surface area (Å²) >= 11 is 0. The molecular formula is C15H20N2O4. The highest BCUT2D eigenvalue weighted by atomic mass is 16.4. The van der Waals surface area contributed by atoms with Crippen LogP contribution in [0, 0.1) is 13.8 Å². The molecule has 2 N–H and O–H groups in total. The van der Waals surface area contributed by atoms with Gasteiger partial charge in [-0.3, -0.25) is 4.90 Å². The number of carboxylic acids is 1. The van der Waals surface area contributed by atoms with Gasteiger partial charge in [0, 0.05) is 25.7 Å². The number of benzene rings is 1. The minimum absolute atomic E-state index is 0.0467. The molecule has 0 saturated carbocycles.